The third-order valence-corrected chi connectivity index (χ3v) is 4.18. The Labute approximate surface area is 153 Å². The van der Waals surface area contributed by atoms with Crippen molar-refractivity contribution in [1.82, 2.24) is 10.3 Å². The highest BCUT2D eigenvalue weighted by Crippen LogP contribution is 2.21. The maximum absolute atomic E-state index is 12.2. The number of pyridine rings is 1. The summed E-state index contributed by atoms with van der Waals surface area (Å²) in [5, 5.41) is 2.44. The summed E-state index contributed by atoms with van der Waals surface area (Å²) in [6.07, 6.45) is 1.86. The molecule has 7 nitrogen and oxygen atoms in total. The molecule has 0 saturated heterocycles. The Bertz CT molecular complexity index is 845. The molecule has 1 aromatic carbocycles. The monoisotopic (exact) mass is 378 g/mol. The molecule has 0 aliphatic carbocycles. The van der Waals surface area contributed by atoms with Crippen molar-refractivity contribution in [3.05, 3.63) is 59.9 Å². The molecule has 1 N–H and O–H groups in total. The predicted molar refractivity (Wildman–Crippen MR) is 97.0 cm³/mol. The molecule has 0 radical (unpaired) electrons. The first-order valence-electron chi connectivity index (χ1n) is 7.98. The molecule has 0 unspecified atom stereocenters. The Morgan fingerprint density at radius 3 is 2.50 bits per heavy atom. The summed E-state index contributed by atoms with van der Waals surface area (Å²) < 4.78 is 34.6. The number of rotatable bonds is 6. The molecule has 0 spiro atoms. The van der Waals surface area contributed by atoms with Crippen LogP contribution < -0.4 is 10.1 Å². The van der Waals surface area contributed by atoms with E-state index in [-0.39, 0.29) is 6.61 Å². The number of benzene rings is 1. The van der Waals surface area contributed by atoms with Crippen molar-refractivity contribution < 1.29 is 22.1 Å². The first kappa shape index (κ1) is 19.7. The summed E-state index contributed by atoms with van der Waals surface area (Å²) in [4.78, 5) is 15.6. The van der Waals surface area contributed by atoms with Gasteiger partial charge in [0, 0.05) is 23.5 Å². The Morgan fingerprint density at radius 2 is 1.85 bits per heavy atom. The van der Waals surface area contributed by atoms with E-state index in [2.05, 4.69) is 14.5 Å². The number of hydrogen-bond donors (Lipinski definition) is 1. The van der Waals surface area contributed by atoms with Crippen molar-refractivity contribution in [3.63, 3.8) is 0 Å². The van der Waals surface area contributed by atoms with E-state index < -0.39 is 27.5 Å². The Morgan fingerprint density at radius 1 is 1.15 bits per heavy atom. The van der Waals surface area contributed by atoms with Gasteiger partial charge in [-0.2, -0.15) is 8.42 Å². The molecule has 26 heavy (non-hydrogen) atoms. The first-order valence-corrected chi connectivity index (χ1v) is 9.56. The molecule has 8 heteroatoms. The topological polar surface area (TPSA) is 94.6 Å². The fraction of sp³-hybridized carbons (Fsp3) is 0.333. The molecule has 1 heterocycles. The minimum atomic E-state index is -4.14. The van der Waals surface area contributed by atoms with E-state index in [1.54, 1.807) is 26.8 Å². The number of carbonyl (C=O) groups is 1. The lowest BCUT2D eigenvalue weighted by Gasteiger charge is -2.19. The van der Waals surface area contributed by atoms with Crippen molar-refractivity contribution >= 4 is 16.2 Å². The Balaban J connectivity index is 2.05. The van der Waals surface area contributed by atoms with Gasteiger partial charge in [0.1, 0.15) is 18.1 Å². The molecule has 2 aromatic rings. The van der Waals surface area contributed by atoms with Crippen molar-refractivity contribution in [2.24, 2.45) is 0 Å². The average molecular weight is 378 g/mol. The van der Waals surface area contributed by atoms with Crippen LogP contribution >= 0.6 is 0 Å². The van der Waals surface area contributed by atoms with Gasteiger partial charge in [0.15, 0.2) is 0 Å². The van der Waals surface area contributed by atoms with E-state index in [1.807, 2.05) is 30.3 Å². The summed E-state index contributed by atoms with van der Waals surface area (Å²) in [6, 6.07) is 11.0. The van der Waals surface area contributed by atoms with E-state index in [9.17, 15) is 13.2 Å². The summed E-state index contributed by atoms with van der Waals surface area (Å²) in [7, 11) is -4.14. The summed E-state index contributed by atoms with van der Waals surface area (Å²) in [6.45, 7) is 5.44. The Kier molecular flexibility index (Phi) is 6.20. The number of nitrogens with zero attached hydrogens (tertiary/aromatic N) is 1. The van der Waals surface area contributed by atoms with Crippen molar-refractivity contribution in [2.75, 3.05) is 0 Å². The molecule has 1 aromatic heterocycles. The van der Waals surface area contributed by atoms with Gasteiger partial charge in [-0.25, -0.2) is 4.79 Å². The molecule has 140 valence electrons. The first-order chi connectivity index (χ1) is 12.1. The highest BCUT2D eigenvalue weighted by Gasteiger charge is 2.23. The fourth-order valence-corrected chi connectivity index (χ4v) is 2.99. The van der Waals surface area contributed by atoms with Gasteiger partial charge in [-0.05, 0) is 32.4 Å². The SMILES string of the molecule is CC(C)(C)NC(=O)OS(=O)(=O)Cc1cnccc1OCc1ccccc1. The molecule has 1 amide bonds. The highest BCUT2D eigenvalue weighted by molar-refractivity contribution is 7.86. The zero-order chi connectivity index (χ0) is 19.2. The summed E-state index contributed by atoms with van der Waals surface area (Å²) >= 11 is 0. The van der Waals surface area contributed by atoms with Crippen LogP contribution in [-0.4, -0.2) is 25.0 Å². The van der Waals surface area contributed by atoms with Crippen LogP contribution in [0.4, 0.5) is 4.79 Å². The molecule has 0 saturated carbocycles. The standard InChI is InChI=1S/C18H22N2O5S/c1-18(2,3)20-17(21)25-26(22,23)13-15-11-19-10-9-16(15)24-12-14-7-5-4-6-8-14/h4-11H,12-13H2,1-3H3,(H,20,21). The lowest BCUT2D eigenvalue weighted by molar-refractivity contribution is 0.192. The highest BCUT2D eigenvalue weighted by atomic mass is 32.2. The number of ether oxygens (including phenoxy) is 1. The largest absolute Gasteiger partial charge is 0.488 e. The van der Waals surface area contributed by atoms with Crippen molar-refractivity contribution in [3.8, 4) is 5.75 Å². The quantitative estimate of drug-likeness (QED) is 0.777. The number of hydrogen-bond acceptors (Lipinski definition) is 6. The minimum absolute atomic E-state index is 0.281. The third kappa shape index (κ3) is 6.72. The Hall–Kier alpha value is -2.61. The minimum Gasteiger partial charge on any atom is -0.488 e. The number of carbonyl (C=O) groups excluding carboxylic acids is 1. The van der Waals surface area contributed by atoms with Crippen LogP contribution in [0.1, 0.15) is 31.9 Å². The molecular formula is C18H22N2O5S. The lowest BCUT2D eigenvalue weighted by atomic mass is 10.1. The zero-order valence-electron chi connectivity index (χ0n) is 14.9. The van der Waals surface area contributed by atoms with Crippen LogP contribution in [0, 0.1) is 0 Å². The molecule has 0 aliphatic heterocycles. The van der Waals surface area contributed by atoms with Crippen molar-refractivity contribution in [2.45, 2.75) is 38.7 Å². The van der Waals surface area contributed by atoms with Crippen LogP contribution in [0.25, 0.3) is 0 Å². The molecule has 0 aliphatic rings. The van der Waals surface area contributed by atoms with Gasteiger partial charge < -0.3 is 14.2 Å². The molecule has 0 bridgehead atoms. The van der Waals surface area contributed by atoms with E-state index >= 15 is 0 Å². The third-order valence-electron chi connectivity index (χ3n) is 3.11. The molecule has 0 atom stereocenters. The second-order valence-electron chi connectivity index (χ2n) is 6.71. The van der Waals surface area contributed by atoms with Crippen molar-refractivity contribution in [1.29, 1.82) is 0 Å². The van der Waals surface area contributed by atoms with Gasteiger partial charge in [0.25, 0.3) is 0 Å². The molecule has 0 fully saturated rings. The maximum Gasteiger partial charge on any atom is 0.423 e. The van der Waals surface area contributed by atoms with Crippen LogP contribution in [-0.2, 0) is 26.7 Å². The predicted octanol–water partition coefficient (Wildman–Crippen LogP) is 3.02. The number of amides is 1. The van der Waals surface area contributed by atoms with Crippen LogP contribution in [0.5, 0.6) is 5.75 Å². The zero-order valence-corrected chi connectivity index (χ0v) is 15.7. The number of nitrogens with one attached hydrogen (secondary N) is 1. The van der Waals surface area contributed by atoms with Gasteiger partial charge in [0.05, 0.1) is 0 Å². The second-order valence-corrected chi connectivity index (χ2v) is 8.28. The van der Waals surface area contributed by atoms with Gasteiger partial charge in [-0.15, -0.1) is 0 Å². The van der Waals surface area contributed by atoms with Crippen LogP contribution in [0.3, 0.4) is 0 Å². The van der Waals surface area contributed by atoms with Gasteiger partial charge >= 0.3 is 16.2 Å². The second kappa shape index (κ2) is 8.18. The van der Waals surface area contributed by atoms with E-state index in [0.717, 1.165) is 5.56 Å². The normalized spacial score (nSPS) is 11.7. The van der Waals surface area contributed by atoms with Gasteiger partial charge in [-0.1, -0.05) is 30.3 Å². The van der Waals surface area contributed by atoms with E-state index in [1.165, 1.54) is 12.4 Å². The average Bonchev–Trinajstić information content (AvgIpc) is 2.52. The number of aromatic nitrogens is 1. The summed E-state index contributed by atoms with van der Waals surface area (Å²) in [5.74, 6) is -0.157. The van der Waals surface area contributed by atoms with E-state index in [0.29, 0.717) is 11.3 Å². The van der Waals surface area contributed by atoms with Crippen LogP contribution in [0.15, 0.2) is 48.8 Å². The van der Waals surface area contributed by atoms with Crippen LogP contribution in [0.2, 0.25) is 0 Å². The summed E-state index contributed by atoms with van der Waals surface area (Å²) in [5.41, 5.74) is 0.649. The lowest BCUT2D eigenvalue weighted by Crippen LogP contribution is -2.41. The molecule has 2 rings (SSSR count). The van der Waals surface area contributed by atoms with Gasteiger partial charge in [0.2, 0.25) is 0 Å². The van der Waals surface area contributed by atoms with Gasteiger partial charge in [-0.3, -0.25) is 4.98 Å². The van der Waals surface area contributed by atoms with E-state index in [4.69, 9.17) is 4.74 Å². The maximum atomic E-state index is 12.2. The smallest absolute Gasteiger partial charge is 0.423 e. The fourth-order valence-electron chi connectivity index (χ4n) is 2.06. The molecular weight excluding hydrogens is 356 g/mol.